The molecule has 2 aromatic heterocycles. The van der Waals surface area contributed by atoms with E-state index in [2.05, 4.69) is 83.5 Å². The molecule has 0 atom stereocenters. The first-order valence-electron chi connectivity index (χ1n) is 11.6. The lowest BCUT2D eigenvalue weighted by molar-refractivity contribution is 0.976. The van der Waals surface area contributed by atoms with Gasteiger partial charge < -0.3 is 9.80 Å². The standard InChI is InChI=1S/C29H24ClN5/c1-34(2)24-7-3-5-19(16-24)20-8-10-25-26(17-20)32-28(22-6-4-13-31-18-22)33-29(25)35-14-12-21-15-23(30)9-11-27(21)35/h3-11,13,15-18H,12,14H2,1-2H3. The van der Waals surface area contributed by atoms with Crippen molar-refractivity contribution in [2.24, 2.45) is 0 Å². The van der Waals surface area contributed by atoms with Crippen LogP contribution in [-0.4, -0.2) is 35.6 Å². The van der Waals surface area contributed by atoms with Gasteiger partial charge in [-0.25, -0.2) is 9.97 Å². The summed E-state index contributed by atoms with van der Waals surface area (Å²) in [5.41, 5.74) is 7.63. The number of nitrogens with zero attached hydrogens (tertiary/aromatic N) is 5. The summed E-state index contributed by atoms with van der Waals surface area (Å²) in [4.78, 5) is 18.7. The molecule has 0 unspecified atom stereocenters. The summed E-state index contributed by atoms with van der Waals surface area (Å²) < 4.78 is 0. The predicted octanol–water partition coefficient (Wildman–Crippen LogP) is 6.77. The van der Waals surface area contributed by atoms with Crippen molar-refractivity contribution >= 4 is 39.7 Å². The Balaban J connectivity index is 1.54. The van der Waals surface area contributed by atoms with Crippen LogP contribution in [0.2, 0.25) is 5.02 Å². The van der Waals surface area contributed by atoms with Gasteiger partial charge >= 0.3 is 0 Å². The molecule has 0 amide bonds. The summed E-state index contributed by atoms with van der Waals surface area (Å²) >= 11 is 6.27. The molecule has 1 aliphatic heterocycles. The number of aromatic nitrogens is 3. The number of hydrogen-bond acceptors (Lipinski definition) is 5. The summed E-state index contributed by atoms with van der Waals surface area (Å²) in [7, 11) is 4.11. The van der Waals surface area contributed by atoms with Gasteiger partial charge in [0.2, 0.25) is 0 Å². The molecule has 0 bridgehead atoms. The van der Waals surface area contributed by atoms with Crippen molar-refractivity contribution in [3.8, 4) is 22.5 Å². The fourth-order valence-corrected chi connectivity index (χ4v) is 4.87. The van der Waals surface area contributed by atoms with Crippen molar-refractivity contribution in [3.05, 3.63) is 95.8 Å². The lowest BCUT2D eigenvalue weighted by atomic mass is 10.0. The number of benzene rings is 3. The Labute approximate surface area is 209 Å². The molecule has 0 aliphatic carbocycles. The maximum absolute atomic E-state index is 6.27. The average molecular weight is 478 g/mol. The highest BCUT2D eigenvalue weighted by molar-refractivity contribution is 6.30. The lowest BCUT2D eigenvalue weighted by Crippen LogP contribution is -2.16. The summed E-state index contributed by atoms with van der Waals surface area (Å²) in [5, 5.41) is 1.78. The second kappa shape index (κ2) is 8.67. The van der Waals surface area contributed by atoms with Crippen molar-refractivity contribution in [2.75, 3.05) is 30.4 Å². The normalized spacial score (nSPS) is 12.7. The Morgan fingerprint density at radius 2 is 1.71 bits per heavy atom. The Bertz CT molecular complexity index is 1550. The van der Waals surface area contributed by atoms with Crippen LogP contribution in [0.25, 0.3) is 33.4 Å². The van der Waals surface area contributed by atoms with Crippen LogP contribution in [0.4, 0.5) is 17.2 Å². The van der Waals surface area contributed by atoms with Crippen molar-refractivity contribution < 1.29 is 0 Å². The highest BCUT2D eigenvalue weighted by atomic mass is 35.5. The van der Waals surface area contributed by atoms with Crippen molar-refractivity contribution in [1.82, 2.24) is 15.0 Å². The molecule has 0 fully saturated rings. The highest BCUT2D eigenvalue weighted by Gasteiger charge is 2.24. The average Bonchev–Trinajstić information content (AvgIpc) is 3.31. The summed E-state index contributed by atoms with van der Waals surface area (Å²) in [6.45, 7) is 0.848. The van der Waals surface area contributed by atoms with E-state index in [-0.39, 0.29) is 0 Å². The minimum atomic E-state index is 0.669. The molecule has 6 heteroatoms. The number of anilines is 3. The first kappa shape index (κ1) is 21.6. The van der Waals surface area contributed by atoms with Gasteiger partial charge in [0.25, 0.3) is 0 Å². The van der Waals surface area contributed by atoms with Gasteiger partial charge in [-0.15, -0.1) is 0 Å². The molecule has 3 aromatic carbocycles. The van der Waals surface area contributed by atoms with E-state index in [9.17, 15) is 0 Å². The van der Waals surface area contributed by atoms with Crippen LogP contribution in [0.1, 0.15) is 5.56 Å². The van der Waals surface area contributed by atoms with Gasteiger partial charge in [-0.3, -0.25) is 4.98 Å². The number of rotatable bonds is 4. The fraction of sp³-hybridized carbons (Fsp3) is 0.138. The molecule has 1 aliphatic rings. The smallest absolute Gasteiger partial charge is 0.163 e. The first-order chi connectivity index (χ1) is 17.1. The third kappa shape index (κ3) is 3.98. The monoisotopic (exact) mass is 477 g/mol. The van der Waals surface area contributed by atoms with E-state index in [1.165, 1.54) is 5.56 Å². The van der Waals surface area contributed by atoms with E-state index in [1.807, 2.05) is 24.4 Å². The highest BCUT2D eigenvalue weighted by Crippen LogP contribution is 2.39. The quantitative estimate of drug-likeness (QED) is 0.285. The molecule has 5 aromatic rings. The second-order valence-corrected chi connectivity index (χ2v) is 9.40. The molecular formula is C29H24ClN5. The van der Waals surface area contributed by atoms with Gasteiger partial charge in [-0.1, -0.05) is 29.8 Å². The zero-order valence-corrected chi connectivity index (χ0v) is 20.4. The van der Waals surface area contributed by atoms with E-state index in [4.69, 9.17) is 21.6 Å². The summed E-state index contributed by atoms with van der Waals surface area (Å²) in [6.07, 6.45) is 4.51. The maximum atomic E-state index is 6.27. The first-order valence-corrected chi connectivity index (χ1v) is 12.0. The van der Waals surface area contributed by atoms with E-state index in [0.717, 1.165) is 62.8 Å². The van der Waals surface area contributed by atoms with E-state index in [0.29, 0.717) is 5.82 Å². The summed E-state index contributed by atoms with van der Waals surface area (Å²) in [6, 6.07) is 25.0. The second-order valence-electron chi connectivity index (χ2n) is 8.96. The molecule has 35 heavy (non-hydrogen) atoms. The Hall–Kier alpha value is -3.96. The number of pyridine rings is 1. The van der Waals surface area contributed by atoms with Crippen LogP contribution >= 0.6 is 11.6 Å². The molecule has 0 saturated heterocycles. The zero-order chi connectivity index (χ0) is 23.9. The van der Waals surface area contributed by atoms with Crippen molar-refractivity contribution in [1.29, 1.82) is 0 Å². The topological polar surface area (TPSA) is 45.2 Å². The third-order valence-corrected chi connectivity index (χ3v) is 6.72. The van der Waals surface area contributed by atoms with Crippen molar-refractivity contribution in [3.63, 3.8) is 0 Å². The van der Waals surface area contributed by atoms with Crippen LogP contribution in [0.3, 0.4) is 0 Å². The molecule has 3 heterocycles. The Morgan fingerprint density at radius 3 is 2.54 bits per heavy atom. The largest absolute Gasteiger partial charge is 0.378 e. The van der Waals surface area contributed by atoms with Crippen LogP contribution in [0.5, 0.6) is 0 Å². The molecule has 0 N–H and O–H groups in total. The molecule has 0 saturated carbocycles. The molecule has 6 rings (SSSR count). The molecular weight excluding hydrogens is 454 g/mol. The molecule has 5 nitrogen and oxygen atoms in total. The maximum Gasteiger partial charge on any atom is 0.163 e. The van der Waals surface area contributed by atoms with Gasteiger partial charge in [0.05, 0.1) is 5.52 Å². The van der Waals surface area contributed by atoms with Crippen LogP contribution < -0.4 is 9.80 Å². The summed E-state index contributed by atoms with van der Waals surface area (Å²) in [5.74, 6) is 1.57. The van der Waals surface area contributed by atoms with Crippen molar-refractivity contribution in [2.45, 2.75) is 6.42 Å². The van der Waals surface area contributed by atoms with E-state index >= 15 is 0 Å². The minimum Gasteiger partial charge on any atom is -0.378 e. The minimum absolute atomic E-state index is 0.669. The van der Waals surface area contributed by atoms with Gasteiger partial charge in [-0.05, 0) is 77.7 Å². The molecule has 0 radical (unpaired) electrons. The van der Waals surface area contributed by atoms with Crippen LogP contribution in [0.15, 0.2) is 85.2 Å². The lowest BCUT2D eigenvalue weighted by Gasteiger charge is -2.21. The van der Waals surface area contributed by atoms with Crippen LogP contribution in [0, 0.1) is 0 Å². The van der Waals surface area contributed by atoms with E-state index < -0.39 is 0 Å². The van der Waals surface area contributed by atoms with E-state index in [1.54, 1.807) is 6.20 Å². The third-order valence-electron chi connectivity index (χ3n) is 6.49. The Kier molecular flexibility index (Phi) is 5.34. The van der Waals surface area contributed by atoms with Gasteiger partial charge in [0.1, 0.15) is 5.82 Å². The Morgan fingerprint density at radius 1 is 0.857 bits per heavy atom. The fourth-order valence-electron chi connectivity index (χ4n) is 4.68. The SMILES string of the molecule is CN(C)c1cccc(-c2ccc3c(N4CCc5cc(Cl)ccc54)nc(-c4cccnc4)nc3c2)c1. The zero-order valence-electron chi connectivity index (χ0n) is 19.6. The van der Waals surface area contributed by atoms with Gasteiger partial charge in [0, 0.05) is 60.4 Å². The van der Waals surface area contributed by atoms with Gasteiger partial charge in [-0.2, -0.15) is 0 Å². The number of hydrogen-bond donors (Lipinski definition) is 0. The number of halogens is 1. The van der Waals surface area contributed by atoms with Crippen LogP contribution in [-0.2, 0) is 6.42 Å². The van der Waals surface area contributed by atoms with Gasteiger partial charge in [0.15, 0.2) is 5.82 Å². The molecule has 172 valence electrons. The number of fused-ring (bicyclic) bond motifs is 2. The molecule has 0 spiro atoms. The predicted molar refractivity (Wildman–Crippen MR) is 145 cm³/mol.